The Balaban J connectivity index is 1.38. The Morgan fingerprint density at radius 1 is 0.917 bits per heavy atom. The van der Waals surface area contributed by atoms with Crippen molar-refractivity contribution in [1.82, 2.24) is 4.90 Å². The average Bonchev–Trinajstić information content (AvgIpc) is 3.22. The molecule has 0 unspecified atom stereocenters. The average molecular weight is 509 g/mol. The van der Waals surface area contributed by atoms with Crippen LogP contribution in [0.4, 0.5) is 15.3 Å². The molecule has 0 saturated carbocycles. The summed E-state index contributed by atoms with van der Waals surface area (Å²) in [6.07, 6.45) is -1.07. The van der Waals surface area contributed by atoms with Crippen LogP contribution in [0.15, 0.2) is 77.7 Å². The molecule has 0 radical (unpaired) electrons. The summed E-state index contributed by atoms with van der Waals surface area (Å²) in [5.74, 6) is 0.216. The van der Waals surface area contributed by atoms with Crippen molar-refractivity contribution in [3.05, 3.63) is 89.5 Å². The Labute approximate surface area is 210 Å². The van der Waals surface area contributed by atoms with Gasteiger partial charge >= 0.3 is 12.2 Å². The first-order chi connectivity index (χ1) is 17.0. The molecule has 0 saturated heterocycles. The summed E-state index contributed by atoms with van der Waals surface area (Å²) < 4.78 is 36.6. The van der Waals surface area contributed by atoms with Gasteiger partial charge in [0.25, 0.3) is 0 Å². The second-order valence-electron chi connectivity index (χ2n) is 9.55. The number of para-hydroxylation sites is 1. The van der Waals surface area contributed by atoms with Gasteiger partial charge in [-0.3, -0.25) is 10.2 Å². The monoisotopic (exact) mass is 508 g/mol. The lowest BCUT2D eigenvalue weighted by atomic mass is 10.1. The van der Waals surface area contributed by atoms with Crippen LogP contribution in [0.5, 0.6) is 5.75 Å². The quantitative estimate of drug-likeness (QED) is 0.487. The van der Waals surface area contributed by atoms with E-state index < -0.39 is 27.6 Å². The minimum atomic E-state index is -3.63. The topological polar surface area (TPSA) is 102 Å². The third-order valence-corrected chi connectivity index (χ3v) is 7.12. The third-order valence-electron chi connectivity index (χ3n) is 5.42. The standard InChI is InChI=1S/C27H28N2O6S/c1-27(2,3)35-26(31)29-16-20-10-9-19(15-21(20)17-29)18-36(32,33)24-13-11-22(12-14-24)28-25(30)34-23-7-5-4-6-8-23/h4-15H,16-18H2,1-3H3,(H,28,30). The van der Waals surface area contributed by atoms with E-state index in [1.807, 2.05) is 39.0 Å². The normalized spacial score (nSPS) is 13.1. The molecule has 0 aliphatic carbocycles. The first kappa shape index (κ1) is 25.2. The lowest BCUT2D eigenvalue weighted by molar-refractivity contribution is 0.0241. The van der Waals surface area contributed by atoms with Gasteiger partial charge in [-0.2, -0.15) is 0 Å². The molecule has 0 atom stereocenters. The van der Waals surface area contributed by atoms with Gasteiger partial charge in [0.05, 0.1) is 10.6 Å². The summed E-state index contributed by atoms with van der Waals surface area (Å²) in [6.45, 7) is 6.25. The maximum atomic E-state index is 13.0. The molecule has 9 heteroatoms. The van der Waals surface area contributed by atoms with Crippen LogP contribution in [0.1, 0.15) is 37.5 Å². The van der Waals surface area contributed by atoms with Gasteiger partial charge in [-0.1, -0.05) is 36.4 Å². The summed E-state index contributed by atoms with van der Waals surface area (Å²) >= 11 is 0. The predicted molar refractivity (Wildman–Crippen MR) is 135 cm³/mol. The first-order valence-corrected chi connectivity index (χ1v) is 13.1. The molecular formula is C27H28N2O6S. The van der Waals surface area contributed by atoms with Crippen molar-refractivity contribution in [2.24, 2.45) is 0 Å². The maximum Gasteiger partial charge on any atom is 0.417 e. The number of benzene rings is 3. The molecule has 8 nitrogen and oxygen atoms in total. The van der Waals surface area contributed by atoms with E-state index in [1.54, 1.807) is 35.2 Å². The molecule has 0 bridgehead atoms. The largest absolute Gasteiger partial charge is 0.444 e. The van der Waals surface area contributed by atoms with Crippen molar-refractivity contribution in [2.75, 3.05) is 5.32 Å². The second kappa shape index (κ2) is 10.0. The minimum absolute atomic E-state index is 0.139. The molecule has 0 aromatic heterocycles. The molecule has 188 valence electrons. The van der Waals surface area contributed by atoms with E-state index in [9.17, 15) is 18.0 Å². The van der Waals surface area contributed by atoms with Gasteiger partial charge < -0.3 is 9.47 Å². The highest BCUT2D eigenvalue weighted by Crippen LogP contribution is 2.27. The van der Waals surface area contributed by atoms with Crippen LogP contribution >= 0.6 is 0 Å². The van der Waals surface area contributed by atoms with Gasteiger partial charge in [0.1, 0.15) is 11.4 Å². The van der Waals surface area contributed by atoms with Crippen molar-refractivity contribution in [2.45, 2.75) is 50.1 Å². The molecule has 1 N–H and O–H groups in total. The van der Waals surface area contributed by atoms with Gasteiger partial charge in [0.2, 0.25) is 0 Å². The molecule has 0 fully saturated rings. The van der Waals surface area contributed by atoms with Gasteiger partial charge in [-0.25, -0.2) is 18.0 Å². The Kier molecular flexibility index (Phi) is 7.03. The molecule has 1 aliphatic heterocycles. The zero-order valence-corrected chi connectivity index (χ0v) is 21.2. The van der Waals surface area contributed by atoms with E-state index >= 15 is 0 Å². The molecule has 4 rings (SSSR count). The Bertz CT molecular complexity index is 1360. The smallest absolute Gasteiger partial charge is 0.417 e. The SMILES string of the molecule is CC(C)(C)OC(=O)N1Cc2ccc(CS(=O)(=O)c3ccc(NC(=O)Oc4ccccc4)cc3)cc2C1. The number of rotatable bonds is 5. The van der Waals surface area contributed by atoms with Gasteiger partial charge in [-0.15, -0.1) is 0 Å². The zero-order valence-electron chi connectivity index (χ0n) is 20.4. The van der Waals surface area contributed by atoms with Crippen LogP contribution in [0.25, 0.3) is 0 Å². The van der Waals surface area contributed by atoms with E-state index in [4.69, 9.17) is 9.47 Å². The summed E-state index contributed by atoms with van der Waals surface area (Å²) in [5.41, 5.74) is 2.34. The van der Waals surface area contributed by atoms with Crippen molar-refractivity contribution < 1.29 is 27.5 Å². The number of anilines is 1. The number of carbonyl (C=O) groups is 2. The molecule has 1 heterocycles. The van der Waals surface area contributed by atoms with Crippen LogP contribution in [0.3, 0.4) is 0 Å². The fraction of sp³-hybridized carbons (Fsp3) is 0.259. The number of nitrogens with zero attached hydrogens (tertiary/aromatic N) is 1. The van der Waals surface area contributed by atoms with E-state index in [-0.39, 0.29) is 10.6 Å². The van der Waals surface area contributed by atoms with Crippen molar-refractivity contribution >= 4 is 27.7 Å². The van der Waals surface area contributed by atoms with Crippen LogP contribution in [0.2, 0.25) is 0 Å². The van der Waals surface area contributed by atoms with Crippen LogP contribution in [0, 0.1) is 0 Å². The van der Waals surface area contributed by atoms with Crippen molar-refractivity contribution in [3.8, 4) is 5.75 Å². The number of hydrogen-bond acceptors (Lipinski definition) is 6. The van der Waals surface area contributed by atoms with Crippen LogP contribution < -0.4 is 10.1 Å². The van der Waals surface area contributed by atoms with E-state index in [0.717, 1.165) is 11.1 Å². The maximum absolute atomic E-state index is 13.0. The van der Waals surface area contributed by atoms with E-state index in [0.29, 0.717) is 30.1 Å². The highest BCUT2D eigenvalue weighted by atomic mass is 32.2. The minimum Gasteiger partial charge on any atom is -0.444 e. The van der Waals surface area contributed by atoms with Crippen molar-refractivity contribution in [1.29, 1.82) is 0 Å². The lowest BCUT2D eigenvalue weighted by Crippen LogP contribution is -2.33. The molecule has 3 aromatic rings. The molecule has 1 aliphatic rings. The summed E-state index contributed by atoms with van der Waals surface area (Å²) in [7, 11) is -3.63. The molecule has 36 heavy (non-hydrogen) atoms. The second-order valence-corrected chi connectivity index (χ2v) is 11.5. The summed E-state index contributed by atoms with van der Waals surface area (Å²) in [5, 5.41) is 2.58. The van der Waals surface area contributed by atoms with Gasteiger partial charge in [0.15, 0.2) is 9.84 Å². The fourth-order valence-electron chi connectivity index (χ4n) is 3.78. The third kappa shape index (κ3) is 6.42. The number of ether oxygens (including phenoxy) is 2. The highest BCUT2D eigenvalue weighted by Gasteiger charge is 2.28. The number of nitrogens with one attached hydrogen (secondary N) is 1. The predicted octanol–water partition coefficient (Wildman–Crippen LogP) is 5.52. The van der Waals surface area contributed by atoms with Crippen molar-refractivity contribution in [3.63, 3.8) is 0 Å². The van der Waals surface area contributed by atoms with Gasteiger partial charge in [-0.05, 0) is 73.9 Å². The molecular weight excluding hydrogens is 480 g/mol. The Morgan fingerprint density at radius 3 is 2.25 bits per heavy atom. The molecule has 0 spiro atoms. The molecule has 3 aromatic carbocycles. The number of fused-ring (bicyclic) bond motifs is 1. The number of carbonyl (C=O) groups excluding carboxylic acids is 2. The Morgan fingerprint density at radius 2 is 1.58 bits per heavy atom. The number of sulfone groups is 1. The highest BCUT2D eigenvalue weighted by molar-refractivity contribution is 7.90. The fourth-order valence-corrected chi connectivity index (χ4v) is 5.12. The van der Waals surface area contributed by atoms with E-state index in [1.165, 1.54) is 24.3 Å². The number of hydrogen-bond donors (Lipinski definition) is 1. The van der Waals surface area contributed by atoms with E-state index in [2.05, 4.69) is 5.32 Å². The van der Waals surface area contributed by atoms with Gasteiger partial charge in [0, 0.05) is 18.8 Å². The summed E-state index contributed by atoms with van der Waals surface area (Å²) in [6, 6.07) is 20.0. The first-order valence-electron chi connectivity index (χ1n) is 11.4. The number of amides is 2. The lowest BCUT2D eigenvalue weighted by Gasteiger charge is -2.24. The Hall–Kier alpha value is -3.85. The molecule has 2 amide bonds. The van der Waals surface area contributed by atoms with Crippen LogP contribution in [-0.2, 0) is 33.4 Å². The zero-order chi connectivity index (χ0) is 25.9. The summed E-state index contributed by atoms with van der Waals surface area (Å²) in [4.78, 5) is 26.2. The van der Waals surface area contributed by atoms with Crippen LogP contribution in [-0.4, -0.2) is 31.1 Å².